The zero-order chi connectivity index (χ0) is 17.2. The molecule has 0 bridgehead atoms. The standard InChI is InChI=1S/C19H20N2O4/c1-13-5-4-8-18(20-13)24-14-9-10-21(11-14)19(22)17-12-23-15-6-2-3-7-16(15)25-17/h2-8,14,17H,9-12H2,1H3. The van der Waals surface area contributed by atoms with E-state index >= 15 is 0 Å². The maximum atomic E-state index is 12.7. The lowest BCUT2D eigenvalue weighted by Crippen LogP contribution is -2.46. The fraction of sp³-hybridized carbons (Fsp3) is 0.368. The third kappa shape index (κ3) is 3.38. The van der Waals surface area contributed by atoms with Gasteiger partial charge in [-0.25, -0.2) is 4.98 Å². The lowest BCUT2D eigenvalue weighted by Gasteiger charge is -2.28. The molecule has 0 aliphatic carbocycles. The van der Waals surface area contributed by atoms with E-state index in [2.05, 4.69) is 4.98 Å². The number of carbonyl (C=O) groups is 1. The van der Waals surface area contributed by atoms with Crippen LogP contribution in [0.25, 0.3) is 0 Å². The fourth-order valence-corrected chi connectivity index (χ4v) is 3.12. The predicted octanol–water partition coefficient (Wildman–Crippen LogP) is 2.21. The van der Waals surface area contributed by atoms with Crippen LogP contribution in [0.5, 0.6) is 17.4 Å². The molecule has 0 saturated carbocycles. The van der Waals surface area contributed by atoms with Crippen molar-refractivity contribution in [3.05, 3.63) is 48.2 Å². The Morgan fingerprint density at radius 3 is 2.88 bits per heavy atom. The summed E-state index contributed by atoms with van der Waals surface area (Å²) in [5.41, 5.74) is 0.912. The second-order valence-corrected chi connectivity index (χ2v) is 6.29. The maximum absolute atomic E-state index is 12.7. The molecule has 2 unspecified atom stereocenters. The number of amides is 1. The molecular formula is C19H20N2O4. The quantitative estimate of drug-likeness (QED) is 0.857. The summed E-state index contributed by atoms with van der Waals surface area (Å²) < 4.78 is 17.3. The molecule has 130 valence electrons. The van der Waals surface area contributed by atoms with Gasteiger partial charge in [0.15, 0.2) is 11.5 Å². The van der Waals surface area contributed by atoms with E-state index in [-0.39, 0.29) is 18.6 Å². The van der Waals surface area contributed by atoms with Crippen LogP contribution in [0.3, 0.4) is 0 Å². The number of pyridine rings is 1. The summed E-state index contributed by atoms with van der Waals surface area (Å²) in [6, 6.07) is 13.1. The molecule has 1 saturated heterocycles. The van der Waals surface area contributed by atoms with E-state index < -0.39 is 6.10 Å². The Morgan fingerprint density at radius 2 is 2.04 bits per heavy atom. The van der Waals surface area contributed by atoms with E-state index in [0.717, 1.165) is 12.1 Å². The van der Waals surface area contributed by atoms with Crippen molar-refractivity contribution >= 4 is 5.91 Å². The average Bonchev–Trinajstić information content (AvgIpc) is 3.09. The number of hydrogen-bond donors (Lipinski definition) is 0. The van der Waals surface area contributed by atoms with E-state index in [1.807, 2.05) is 49.4 Å². The number of likely N-dealkylation sites (tertiary alicyclic amines) is 1. The van der Waals surface area contributed by atoms with E-state index in [0.29, 0.717) is 30.5 Å². The van der Waals surface area contributed by atoms with Crippen molar-refractivity contribution in [2.45, 2.75) is 25.6 Å². The minimum absolute atomic E-state index is 0.0463. The molecule has 0 spiro atoms. The molecule has 0 radical (unpaired) electrons. The predicted molar refractivity (Wildman–Crippen MR) is 90.9 cm³/mol. The number of para-hydroxylation sites is 2. The topological polar surface area (TPSA) is 60.9 Å². The molecule has 25 heavy (non-hydrogen) atoms. The Kier molecular flexibility index (Phi) is 4.17. The first-order valence-electron chi connectivity index (χ1n) is 8.46. The molecule has 2 aromatic rings. The van der Waals surface area contributed by atoms with Crippen molar-refractivity contribution in [2.24, 2.45) is 0 Å². The van der Waals surface area contributed by atoms with Crippen LogP contribution >= 0.6 is 0 Å². The number of aromatic nitrogens is 1. The van der Waals surface area contributed by atoms with Gasteiger partial charge in [-0.15, -0.1) is 0 Å². The van der Waals surface area contributed by atoms with Gasteiger partial charge in [0, 0.05) is 24.7 Å². The molecule has 2 atom stereocenters. The van der Waals surface area contributed by atoms with Gasteiger partial charge in [-0.3, -0.25) is 4.79 Å². The molecule has 4 rings (SSSR count). The Balaban J connectivity index is 1.36. The minimum atomic E-state index is -0.606. The highest BCUT2D eigenvalue weighted by Crippen LogP contribution is 2.31. The van der Waals surface area contributed by atoms with Crippen molar-refractivity contribution in [1.29, 1.82) is 0 Å². The van der Waals surface area contributed by atoms with Crippen molar-refractivity contribution in [1.82, 2.24) is 9.88 Å². The summed E-state index contributed by atoms with van der Waals surface area (Å²) in [5.74, 6) is 1.84. The molecular weight excluding hydrogens is 320 g/mol. The first-order valence-corrected chi connectivity index (χ1v) is 8.46. The van der Waals surface area contributed by atoms with Gasteiger partial charge < -0.3 is 19.1 Å². The summed E-state index contributed by atoms with van der Waals surface area (Å²) >= 11 is 0. The van der Waals surface area contributed by atoms with Crippen molar-refractivity contribution in [3.8, 4) is 17.4 Å². The Bertz CT molecular complexity index is 780. The second kappa shape index (κ2) is 6.63. The van der Waals surface area contributed by atoms with Gasteiger partial charge in [0.2, 0.25) is 12.0 Å². The number of benzene rings is 1. The number of fused-ring (bicyclic) bond motifs is 1. The van der Waals surface area contributed by atoms with Gasteiger partial charge in [0.1, 0.15) is 12.7 Å². The largest absolute Gasteiger partial charge is 0.485 e. The van der Waals surface area contributed by atoms with Crippen LogP contribution in [0.15, 0.2) is 42.5 Å². The van der Waals surface area contributed by atoms with Gasteiger partial charge in [0.05, 0.1) is 6.54 Å². The highest BCUT2D eigenvalue weighted by Gasteiger charge is 2.35. The Hall–Kier alpha value is -2.76. The third-order valence-corrected chi connectivity index (χ3v) is 4.39. The molecule has 6 nitrogen and oxygen atoms in total. The molecule has 2 aliphatic rings. The highest BCUT2D eigenvalue weighted by molar-refractivity contribution is 5.82. The third-order valence-electron chi connectivity index (χ3n) is 4.39. The number of nitrogens with zero attached hydrogens (tertiary/aromatic N) is 2. The van der Waals surface area contributed by atoms with Crippen molar-refractivity contribution in [3.63, 3.8) is 0 Å². The van der Waals surface area contributed by atoms with Crippen LogP contribution in [-0.2, 0) is 4.79 Å². The number of ether oxygens (including phenoxy) is 3. The SMILES string of the molecule is Cc1cccc(OC2CCN(C(=O)C3COc4ccccc4O3)C2)n1. The van der Waals surface area contributed by atoms with Gasteiger partial charge in [-0.05, 0) is 25.1 Å². The molecule has 1 amide bonds. The van der Waals surface area contributed by atoms with Gasteiger partial charge in [-0.2, -0.15) is 0 Å². The highest BCUT2D eigenvalue weighted by atomic mass is 16.6. The summed E-state index contributed by atoms with van der Waals surface area (Å²) in [7, 11) is 0. The van der Waals surface area contributed by atoms with Crippen LogP contribution in [0.1, 0.15) is 12.1 Å². The van der Waals surface area contributed by atoms with Gasteiger partial charge >= 0.3 is 0 Å². The minimum Gasteiger partial charge on any atom is -0.485 e. The molecule has 1 aromatic carbocycles. The van der Waals surface area contributed by atoms with Crippen LogP contribution in [-0.4, -0.2) is 47.7 Å². The number of aryl methyl sites for hydroxylation is 1. The maximum Gasteiger partial charge on any atom is 0.267 e. The first kappa shape index (κ1) is 15.7. The van der Waals surface area contributed by atoms with Crippen molar-refractivity contribution < 1.29 is 19.0 Å². The summed E-state index contributed by atoms with van der Waals surface area (Å²) in [4.78, 5) is 18.8. The molecule has 6 heteroatoms. The molecule has 3 heterocycles. The molecule has 1 fully saturated rings. The number of rotatable bonds is 3. The number of carbonyl (C=O) groups excluding carboxylic acids is 1. The summed E-state index contributed by atoms with van der Waals surface area (Å²) in [6.07, 6.45) is 0.131. The van der Waals surface area contributed by atoms with E-state index in [1.54, 1.807) is 4.90 Å². The molecule has 2 aliphatic heterocycles. The van der Waals surface area contributed by atoms with Crippen molar-refractivity contribution in [2.75, 3.05) is 19.7 Å². The van der Waals surface area contributed by atoms with E-state index in [1.165, 1.54) is 0 Å². The monoisotopic (exact) mass is 340 g/mol. The zero-order valence-electron chi connectivity index (χ0n) is 14.1. The lowest BCUT2D eigenvalue weighted by molar-refractivity contribution is -0.140. The fourth-order valence-electron chi connectivity index (χ4n) is 3.12. The number of hydrogen-bond acceptors (Lipinski definition) is 5. The van der Waals surface area contributed by atoms with Gasteiger partial charge in [0.25, 0.3) is 5.91 Å². The van der Waals surface area contributed by atoms with Crippen LogP contribution in [0.4, 0.5) is 0 Å². The van der Waals surface area contributed by atoms with Crippen LogP contribution in [0.2, 0.25) is 0 Å². The van der Waals surface area contributed by atoms with Gasteiger partial charge in [-0.1, -0.05) is 18.2 Å². The second-order valence-electron chi connectivity index (χ2n) is 6.29. The van der Waals surface area contributed by atoms with Crippen LogP contribution < -0.4 is 14.2 Å². The Morgan fingerprint density at radius 1 is 1.20 bits per heavy atom. The first-order chi connectivity index (χ1) is 12.2. The summed E-state index contributed by atoms with van der Waals surface area (Å²) in [6.45, 7) is 3.35. The molecule has 1 aromatic heterocycles. The smallest absolute Gasteiger partial charge is 0.267 e. The molecule has 0 N–H and O–H groups in total. The average molecular weight is 340 g/mol. The van der Waals surface area contributed by atoms with E-state index in [4.69, 9.17) is 14.2 Å². The van der Waals surface area contributed by atoms with Crippen LogP contribution in [0, 0.1) is 6.92 Å². The Labute approximate surface area is 146 Å². The summed E-state index contributed by atoms with van der Waals surface area (Å²) in [5, 5.41) is 0. The van der Waals surface area contributed by atoms with E-state index in [9.17, 15) is 4.79 Å². The normalized spacial score (nSPS) is 21.9. The zero-order valence-corrected chi connectivity index (χ0v) is 14.1. The lowest BCUT2D eigenvalue weighted by atomic mass is 10.2.